The average Bonchev–Trinajstić information content (AvgIpc) is 2.37. The normalized spacial score (nSPS) is 18.2. The van der Waals surface area contributed by atoms with E-state index in [4.69, 9.17) is 5.73 Å². The van der Waals surface area contributed by atoms with Gasteiger partial charge in [0.25, 0.3) is 0 Å². The van der Waals surface area contributed by atoms with Gasteiger partial charge >= 0.3 is 0 Å². The van der Waals surface area contributed by atoms with Crippen LogP contribution in [0.5, 0.6) is 0 Å². The highest BCUT2D eigenvalue weighted by molar-refractivity contribution is 5.24. The smallest absolute Gasteiger partial charge is 0.126 e. The Bertz CT molecular complexity index is 384. The van der Waals surface area contributed by atoms with Gasteiger partial charge in [-0.3, -0.25) is 0 Å². The van der Waals surface area contributed by atoms with Crippen LogP contribution in [0, 0.1) is 18.7 Å². The van der Waals surface area contributed by atoms with Crippen LogP contribution in [0.25, 0.3) is 0 Å². The fraction of sp³-hybridized carbons (Fsp3) is 0.600. The highest BCUT2D eigenvalue weighted by Crippen LogP contribution is 2.22. The van der Waals surface area contributed by atoms with Gasteiger partial charge in [0.05, 0.1) is 0 Å². The van der Waals surface area contributed by atoms with Gasteiger partial charge in [-0.05, 0) is 62.4 Å². The van der Waals surface area contributed by atoms with E-state index in [0.29, 0.717) is 0 Å². The predicted octanol–water partition coefficient (Wildman–Crippen LogP) is 2.35. The van der Waals surface area contributed by atoms with E-state index >= 15 is 0 Å². The van der Waals surface area contributed by atoms with E-state index in [1.807, 2.05) is 19.1 Å². The van der Waals surface area contributed by atoms with E-state index < -0.39 is 0 Å². The Labute approximate surface area is 109 Å². The summed E-state index contributed by atoms with van der Waals surface area (Å²) in [6.45, 7) is 5.91. The zero-order valence-corrected chi connectivity index (χ0v) is 11.2. The molecule has 2 N–H and O–H groups in total. The third-order valence-electron chi connectivity index (χ3n) is 3.90. The maximum Gasteiger partial charge on any atom is 0.126 e. The molecule has 0 aromatic heterocycles. The molecule has 1 aromatic rings. The molecule has 3 heteroatoms. The first-order valence-electron chi connectivity index (χ1n) is 6.86. The second-order valence-electron chi connectivity index (χ2n) is 5.36. The minimum absolute atomic E-state index is 0.100. The van der Waals surface area contributed by atoms with Gasteiger partial charge in [0.2, 0.25) is 0 Å². The van der Waals surface area contributed by atoms with Gasteiger partial charge in [-0.25, -0.2) is 4.39 Å². The van der Waals surface area contributed by atoms with Crippen molar-refractivity contribution in [2.24, 2.45) is 11.7 Å². The van der Waals surface area contributed by atoms with E-state index in [1.54, 1.807) is 6.07 Å². The lowest BCUT2D eigenvalue weighted by atomic mass is 9.89. The number of likely N-dealkylation sites (tertiary alicyclic amines) is 1. The Morgan fingerprint density at radius 1 is 1.33 bits per heavy atom. The second kappa shape index (κ2) is 6.30. The number of aryl methyl sites for hydroxylation is 1. The first-order chi connectivity index (χ1) is 8.69. The van der Waals surface area contributed by atoms with E-state index in [1.165, 1.54) is 18.4 Å². The number of piperidine rings is 1. The van der Waals surface area contributed by atoms with Crippen molar-refractivity contribution in [1.29, 1.82) is 0 Å². The Hall–Kier alpha value is -0.930. The SMILES string of the molecule is Cc1cc(CC2CCN(CCN)CC2)ccc1F. The lowest BCUT2D eigenvalue weighted by molar-refractivity contribution is 0.188. The van der Waals surface area contributed by atoms with Gasteiger partial charge < -0.3 is 10.6 Å². The molecule has 0 unspecified atom stereocenters. The number of benzene rings is 1. The van der Waals surface area contributed by atoms with E-state index in [0.717, 1.165) is 44.1 Å². The Balaban J connectivity index is 1.85. The number of nitrogens with zero attached hydrogens (tertiary/aromatic N) is 1. The van der Waals surface area contributed by atoms with Crippen molar-refractivity contribution in [2.45, 2.75) is 26.2 Å². The first kappa shape index (κ1) is 13.5. The minimum atomic E-state index is -0.100. The quantitative estimate of drug-likeness (QED) is 0.889. The third kappa shape index (κ3) is 3.53. The summed E-state index contributed by atoms with van der Waals surface area (Å²) < 4.78 is 13.2. The van der Waals surface area contributed by atoms with Crippen LogP contribution in [0.4, 0.5) is 4.39 Å². The van der Waals surface area contributed by atoms with Gasteiger partial charge in [-0.15, -0.1) is 0 Å². The molecule has 1 aromatic carbocycles. The fourth-order valence-corrected chi connectivity index (χ4v) is 2.76. The highest BCUT2D eigenvalue weighted by Gasteiger charge is 2.18. The molecular weight excluding hydrogens is 227 g/mol. The topological polar surface area (TPSA) is 29.3 Å². The van der Waals surface area contributed by atoms with Crippen LogP contribution >= 0.6 is 0 Å². The van der Waals surface area contributed by atoms with Crippen molar-refractivity contribution in [2.75, 3.05) is 26.2 Å². The molecular formula is C15H23FN2. The molecule has 0 saturated carbocycles. The summed E-state index contributed by atoms with van der Waals surface area (Å²) in [5.74, 6) is 0.639. The summed E-state index contributed by atoms with van der Waals surface area (Å²) >= 11 is 0. The van der Waals surface area contributed by atoms with Crippen LogP contribution in [-0.4, -0.2) is 31.1 Å². The lowest BCUT2D eigenvalue weighted by Gasteiger charge is -2.31. The molecule has 1 aliphatic heterocycles. The molecule has 2 rings (SSSR count). The molecule has 0 aliphatic carbocycles. The fourth-order valence-electron chi connectivity index (χ4n) is 2.76. The molecule has 0 bridgehead atoms. The van der Waals surface area contributed by atoms with Crippen LogP contribution in [0.3, 0.4) is 0 Å². The van der Waals surface area contributed by atoms with Crippen LogP contribution < -0.4 is 5.73 Å². The van der Waals surface area contributed by atoms with Crippen molar-refractivity contribution in [3.8, 4) is 0 Å². The summed E-state index contributed by atoms with van der Waals surface area (Å²) in [5.41, 5.74) is 7.60. The number of hydrogen-bond donors (Lipinski definition) is 1. The van der Waals surface area contributed by atoms with E-state index in [9.17, 15) is 4.39 Å². The molecule has 0 amide bonds. The standard InChI is InChI=1S/C15H23FN2/c1-12-10-14(2-3-15(12)16)11-13-4-7-18(8-5-13)9-6-17/h2-3,10,13H,4-9,11,17H2,1H3. The van der Waals surface area contributed by atoms with Crippen molar-refractivity contribution in [3.63, 3.8) is 0 Å². The molecule has 2 nitrogen and oxygen atoms in total. The predicted molar refractivity (Wildman–Crippen MR) is 73.1 cm³/mol. The van der Waals surface area contributed by atoms with Crippen LogP contribution in [0.15, 0.2) is 18.2 Å². The lowest BCUT2D eigenvalue weighted by Crippen LogP contribution is -2.37. The second-order valence-corrected chi connectivity index (χ2v) is 5.36. The Morgan fingerprint density at radius 2 is 2.06 bits per heavy atom. The molecule has 1 saturated heterocycles. The molecule has 0 atom stereocenters. The highest BCUT2D eigenvalue weighted by atomic mass is 19.1. The molecule has 0 radical (unpaired) electrons. The van der Waals surface area contributed by atoms with Crippen molar-refractivity contribution in [3.05, 3.63) is 35.1 Å². The van der Waals surface area contributed by atoms with Crippen molar-refractivity contribution in [1.82, 2.24) is 4.90 Å². The monoisotopic (exact) mass is 250 g/mol. The molecule has 0 spiro atoms. The van der Waals surface area contributed by atoms with Crippen LogP contribution in [-0.2, 0) is 6.42 Å². The van der Waals surface area contributed by atoms with Gasteiger partial charge in [0.1, 0.15) is 5.82 Å². The number of hydrogen-bond acceptors (Lipinski definition) is 2. The number of nitrogens with two attached hydrogens (primary N) is 1. The number of halogens is 1. The summed E-state index contributed by atoms with van der Waals surface area (Å²) in [4.78, 5) is 2.44. The van der Waals surface area contributed by atoms with Gasteiger partial charge in [0, 0.05) is 13.1 Å². The van der Waals surface area contributed by atoms with Crippen molar-refractivity contribution >= 4 is 0 Å². The molecule has 1 aliphatic rings. The Morgan fingerprint density at radius 3 is 2.67 bits per heavy atom. The average molecular weight is 250 g/mol. The molecule has 100 valence electrons. The van der Waals surface area contributed by atoms with Gasteiger partial charge in [-0.2, -0.15) is 0 Å². The first-order valence-corrected chi connectivity index (χ1v) is 6.86. The maximum absolute atomic E-state index is 13.2. The summed E-state index contributed by atoms with van der Waals surface area (Å²) in [6, 6.07) is 5.50. The van der Waals surface area contributed by atoms with E-state index in [2.05, 4.69) is 4.90 Å². The van der Waals surface area contributed by atoms with Crippen LogP contribution in [0.2, 0.25) is 0 Å². The van der Waals surface area contributed by atoms with Gasteiger partial charge in [0.15, 0.2) is 0 Å². The number of rotatable bonds is 4. The maximum atomic E-state index is 13.2. The largest absolute Gasteiger partial charge is 0.329 e. The zero-order chi connectivity index (χ0) is 13.0. The zero-order valence-electron chi connectivity index (χ0n) is 11.2. The van der Waals surface area contributed by atoms with Crippen LogP contribution in [0.1, 0.15) is 24.0 Å². The van der Waals surface area contributed by atoms with Crippen molar-refractivity contribution < 1.29 is 4.39 Å². The van der Waals surface area contributed by atoms with E-state index in [-0.39, 0.29) is 5.82 Å². The van der Waals surface area contributed by atoms with Gasteiger partial charge in [-0.1, -0.05) is 12.1 Å². The summed E-state index contributed by atoms with van der Waals surface area (Å²) in [5, 5.41) is 0. The summed E-state index contributed by atoms with van der Waals surface area (Å²) in [6.07, 6.45) is 3.55. The molecule has 1 fully saturated rings. The summed E-state index contributed by atoms with van der Waals surface area (Å²) in [7, 11) is 0. The molecule has 18 heavy (non-hydrogen) atoms. The third-order valence-corrected chi connectivity index (χ3v) is 3.90. The molecule has 1 heterocycles. The minimum Gasteiger partial charge on any atom is -0.329 e. The Kier molecular flexibility index (Phi) is 4.72.